The summed E-state index contributed by atoms with van der Waals surface area (Å²) in [5.74, 6) is 0. The predicted molar refractivity (Wildman–Crippen MR) is 229 cm³/mol. The molecule has 0 unspecified atom stereocenters. The van der Waals surface area contributed by atoms with Crippen molar-refractivity contribution >= 4 is 49.6 Å². The zero-order valence-electron chi connectivity index (χ0n) is 29.7. The molecule has 254 valence electrons. The van der Waals surface area contributed by atoms with Crippen LogP contribution in [0.4, 0.5) is 17.1 Å². The van der Waals surface area contributed by atoms with E-state index < -0.39 is 0 Å². The third-order valence-corrected chi connectivity index (χ3v) is 10.6. The van der Waals surface area contributed by atoms with E-state index in [2.05, 4.69) is 228 Å². The summed E-state index contributed by atoms with van der Waals surface area (Å²) in [7, 11) is 0. The first-order valence-electron chi connectivity index (χ1n) is 18.5. The molecule has 0 saturated heterocycles. The lowest BCUT2D eigenvalue weighted by atomic mass is 9.94. The lowest BCUT2D eigenvalue weighted by Gasteiger charge is -2.29. The van der Waals surface area contributed by atoms with Gasteiger partial charge in [-0.15, -0.1) is 0 Å². The van der Waals surface area contributed by atoms with E-state index in [1.807, 2.05) is 0 Å². The highest BCUT2D eigenvalue weighted by molar-refractivity contribution is 6.17. The number of para-hydroxylation sites is 2. The molecule has 1 aromatic heterocycles. The third-order valence-electron chi connectivity index (χ3n) is 10.6. The Kier molecular flexibility index (Phi) is 7.85. The molecule has 10 rings (SSSR count). The number of rotatable bonds is 7. The molecule has 0 saturated carbocycles. The summed E-state index contributed by atoms with van der Waals surface area (Å²) in [6.45, 7) is 0. The molecule has 2 nitrogen and oxygen atoms in total. The largest absolute Gasteiger partial charge is 0.309 e. The minimum atomic E-state index is 1.11. The molecular formula is C52H36N2. The summed E-state index contributed by atoms with van der Waals surface area (Å²) < 4.78 is 2.42. The van der Waals surface area contributed by atoms with Crippen LogP contribution in [0, 0.1) is 0 Å². The first-order valence-corrected chi connectivity index (χ1v) is 18.5. The van der Waals surface area contributed by atoms with E-state index in [0.717, 1.165) is 28.3 Å². The van der Waals surface area contributed by atoms with Crippen LogP contribution in [0.3, 0.4) is 0 Å². The van der Waals surface area contributed by atoms with Crippen LogP contribution in [0.25, 0.3) is 71.6 Å². The summed E-state index contributed by atoms with van der Waals surface area (Å²) in [6, 6.07) is 78.9. The summed E-state index contributed by atoms with van der Waals surface area (Å²) in [6.07, 6.45) is 0. The number of anilines is 3. The van der Waals surface area contributed by atoms with E-state index in [-0.39, 0.29) is 0 Å². The number of benzene rings is 9. The van der Waals surface area contributed by atoms with Gasteiger partial charge >= 0.3 is 0 Å². The van der Waals surface area contributed by atoms with Gasteiger partial charge in [0.25, 0.3) is 0 Å². The van der Waals surface area contributed by atoms with Gasteiger partial charge in [0.1, 0.15) is 0 Å². The van der Waals surface area contributed by atoms with Crippen LogP contribution in [0.1, 0.15) is 0 Å². The fourth-order valence-electron chi connectivity index (χ4n) is 8.11. The maximum atomic E-state index is 2.46. The van der Waals surface area contributed by atoms with Crippen molar-refractivity contribution in [3.63, 3.8) is 0 Å². The average molecular weight is 689 g/mol. The second-order valence-corrected chi connectivity index (χ2v) is 13.7. The number of fused-ring (bicyclic) bond motifs is 4. The Morgan fingerprint density at radius 1 is 0.333 bits per heavy atom. The maximum Gasteiger partial charge on any atom is 0.0562 e. The van der Waals surface area contributed by atoms with Gasteiger partial charge in [-0.25, -0.2) is 0 Å². The SMILES string of the molecule is c1ccc(-c2ccccc2-c2ccc(-n3c4ccccc4c4c(N(c5ccccc5)c5cc6ccccc6cc5-c5ccccc5)cccc43)cc2)cc1. The van der Waals surface area contributed by atoms with E-state index in [9.17, 15) is 0 Å². The van der Waals surface area contributed by atoms with Gasteiger partial charge in [0.2, 0.25) is 0 Å². The van der Waals surface area contributed by atoms with Crippen molar-refractivity contribution in [2.24, 2.45) is 0 Å². The summed E-state index contributed by atoms with van der Waals surface area (Å²) in [5, 5.41) is 4.85. The molecule has 54 heavy (non-hydrogen) atoms. The smallest absolute Gasteiger partial charge is 0.0562 e. The van der Waals surface area contributed by atoms with Crippen molar-refractivity contribution in [1.29, 1.82) is 0 Å². The summed E-state index contributed by atoms with van der Waals surface area (Å²) in [4.78, 5) is 2.46. The molecular weight excluding hydrogens is 653 g/mol. The first-order chi connectivity index (χ1) is 26.8. The molecule has 10 aromatic rings. The molecule has 0 radical (unpaired) electrons. The molecule has 2 heteroatoms. The normalized spacial score (nSPS) is 11.3. The van der Waals surface area contributed by atoms with Crippen molar-refractivity contribution in [1.82, 2.24) is 4.57 Å². The molecule has 0 amide bonds. The van der Waals surface area contributed by atoms with Crippen molar-refractivity contribution < 1.29 is 0 Å². The van der Waals surface area contributed by atoms with Crippen LogP contribution in [0.15, 0.2) is 218 Å². The summed E-state index contributed by atoms with van der Waals surface area (Å²) in [5.41, 5.74) is 14.1. The second-order valence-electron chi connectivity index (χ2n) is 13.7. The molecule has 1 heterocycles. The average Bonchev–Trinajstić information content (AvgIpc) is 3.60. The monoisotopic (exact) mass is 688 g/mol. The lowest BCUT2D eigenvalue weighted by molar-refractivity contribution is 1.18. The van der Waals surface area contributed by atoms with Crippen molar-refractivity contribution in [2.75, 3.05) is 4.90 Å². The highest BCUT2D eigenvalue weighted by atomic mass is 15.2. The van der Waals surface area contributed by atoms with E-state index >= 15 is 0 Å². The van der Waals surface area contributed by atoms with Gasteiger partial charge in [0.05, 0.1) is 22.4 Å². The van der Waals surface area contributed by atoms with Crippen LogP contribution in [-0.2, 0) is 0 Å². The second kappa shape index (κ2) is 13.4. The molecule has 0 spiro atoms. The van der Waals surface area contributed by atoms with Crippen molar-refractivity contribution in [3.8, 4) is 39.1 Å². The lowest BCUT2D eigenvalue weighted by Crippen LogP contribution is -2.11. The Balaban J connectivity index is 1.19. The van der Waals surface area contributed by atoms with Gasteiger partial charge in [-0.1, -0.05) is 164 Å². The topological polar surface area (TPSA) is 8.17 Å². The standard InChI is InChI=1S/C52H36N2/c1-4-17-37(18-5-1)44-25-12-13-26-45(44)39-31-33-43(34-32-39)53-48-28-15-14-27-46(48)52-49(53)29-16-30-50(52)54(42-23-8-3-9-24-42)51-36-41-22-11-10-21-40(41)35-47(51)38-19-6-2-7-20-38/h1-36H. The van der Waals surface area contributed by atoms with Gasteiger partial charge in [0.15, 0.2) is 0 Å². The number of hydrogen-bond acceptors (Lipinski definition) is 1. The minimum absolute atomic E-state index is 1.11. The maximum absolute atomic E-state index is 2.46. The summed E-state index contributed by atoms with van der Waals surface area (Å²) >= 11 is 0. The van der Waals surface area contributed by atoms with E-state index in [1.165, 1.54) is 60.4 Å². The molecule has 0 aliphatic rings. The fourth-order valence-corrected chi connectivity index (χ4v) is 8.11. The van der Waals surface area contributed by atoms with Gasteiger partial charge in [-0.05, 0) is 93.2 Å². The van der Waals surface area contributed by atoms with Crippen LogP contribution < -0.4 is 4.90 Å². The number of aromatic nitrogens is 1. The molecule has 0 N–H and O–H groups in total. The quantitative estimate of drug-likeness (QED) is 0.162. The van der Waals surface area contributed by atoms with Gasteiger partial charge in [-0.2, -0.15) is 0 Å². The molecule has 9 aromatic carbocycles. The highest BCUT2D eigenvalue weighted by Gasteiger charge is 2.23. The van der Waals surface area contributed by atoms with Gasteiger partial charge in [0, 0.05) is 27.7 Å². The number of nitrogens with zero attached hydrogens (tertiary/aromatic N) is 2. The Hall–Kier alpha value is -7.16. The van der Waals surface area contributed by atoms with E-state index in [0.29, 0.717) is 0 Å². The zero-order valence-corrected chi connectivity index (χ0v) is 29.7. The van der Waals surface area contributed by atoms with Crippen molar-refractivity contribution in [2.45, 2.75) is 0 Å². The van der Waals surface area contributed by atoms with Crippen LogP contribution >= 0.6 is 0 Å². The third kappa shape index (κ3) is 5.44. The minimum Gasteiger partial charge on any atom is -0.309 e. The Labute approximate surface area is 315 Å². The van der Waals surface area contributed by atoms with Gasteiger partial charge < -0.3 is 9.47 Å². The van der Waals surface area contributed by atoms with Crippen LogP contribution in [-0.4, -0.2) is 4.57 Å². The molecule has 0 fully saturated rings. The van der Waals surface area contributed by atoms with Crippen molar-refractivity contribution in [3.05, 3.63) is 218 Å². The van der Waals surface area contributed by atoms with Crippen LogP contribution in [0.2, 0.25) is 0 Å². The zero-order chi connectivity index (χ0) is 35.8. The molecule has 0 aliphatic heterocycles. The van der Waals surface area contributed by atoms with E-state index in [4.69, 9.17) is 0 Å². The Bertz CT molecular complexity index is 2910. The first kappa shape index (κ1) is 31.6. The molecule has 0 aliphatic carbocycles. The fraction of sp³-hybridized carbons (Fsp3) is 0. The van der Waals surface area contributed by atoms with E-state index in [1.54, 1.807) is 0 Å². The number of hydrogen-bond donors (Lipinski definition) is 0. The highest BCUT2D eigenvalue weighted by Crippen LogP contribution is 2.47. The molecule has 0 bridgehead atoms. The Morgan fingerprint density at radius 2 is 0.852 bits per heavy atom. The van der Waals surface area contributed by atoms with Gasteiger partial charge in [-0.3, -0.25) is 0 Å². The molecule has 0 atom stereocenters. The predicted octanol–water partition coefficient (Wildman–Crippen LogP) is 14.4. The Morgan fingerprint density at radius 3 is 1.54 bits per heavy atom. The van der Waals surface area contributed by atoms with Crippen LogP contribution in [0.5, 0.6) is 0 Å².